The SMILES string of the molecule is [N-]=[N+]=Nc1c(F)c(F)c([N+](=O)[O-])c(NCCCOCCOCCOCCCN)c1F. The number of nitrogens with two attached hydrogens (primary N) is 1. The Morgan fingerprint density at radius 3 is 2.10 bits per heavy atom. The first-order valence-electron chi connectivity index (χ1n) is 9.02. The molecular weight excluding hydrogens is 413 g/mol. The maximum atomic E-state index is 14.3. The van der Waals surface area contributed by atoms with E-state index in [9.17, 15) is 23.3 Å². The van der Waals surface area contributed by atoms with E-state index in [-0.39, 0.29) is 26.2 Å². The van der Waals surface area contributed by atoms with Crippen LogP contribution in [0.1, 0.15) is 12.8 Å². The molecule has 1 rings (SSSR count). The molecule has 0 heterocycles. The second-order valence-corrected chi connectivity index (χ2v) is 5.72. The van der Waals surface area contributed by atoms with Crippen molar-refractivity contribution in [2.75, 3.05) is 58.0 Å². The van der Waals surface area contributed by atoms with Crippen LogP contribution in [0, 0.1) is 27.6 Å². The third-order valence-electron chi connectivity index (χ3n) is 3.60. The van der Waals surface area contributed by atoms with Crippen LogP contribution in [-0.2, 0) is 14.2 Å². The van der Waals surface area contributed by atoms with Gasteiger partial charge in [0.2, 0.25) is 5.82 Å². The topological polar surface area (TPSA) is 158 Å². The lowest BCUT2D eigenvalue weighted by Crippen LogP contribution is -2.13. The number of nitrogens with zero attached hydrogens (tertiary/aromatic N) is 4. The number of anilines is 1. The van der Waals surface area contributed by atoms with Crippen molar-refractivity contribution in [1.82, 2.24) is 0 Å². The van der Waals surface area contributed by atoms with Crippen molar-refractivity contribution in [3.8, 4) is 0 Å². The van der Waals surface area contributed by atoms with E-state index >= 15 is 0 Å². The molecule has 11 nitrogen and oxygen atoms in total. The molecule has 0 fully saturated rings. The molecule has 0 bridgehead atoms. The maximum absolute atomic E-state index is 14.3. The van der Waals surface area contributed by atoms with Crippen molar-refractivity contribution in [2.45, 2.75) is 12.8 Å². The molecule has 14 heteroatoms. The molecule has 0 atom stereocenters. The Morgan fingerprint density at radius 1 is 1.00 bits per heavy atom. The molecule has 0 saturated heterocycles. The lowest BCUT2D eigenvalue weighted by Gasteiger charge is -2.11. The summed E-state index contributed by atoms with van der Waals surface area (Å²) in [7, 11) is 0. The molecule has 0 spiro atoms. The minimum Gasteiger partial charge on any atom is -0.379 e. The zero-order valence-electron chi connectivity index (χ0n) is 16.1. The van der Waals surface area contributed by atoms with Gasteiger partial charge in [0.15, 0.2) is 17.3 Å². The van der Waals surface area contributed by atoms with Gasteiger partial charge in [-0.2, -0.15) is 4.39 Å². The summed E-state index contributed by atoms with van der Waals surface area (Å²) in [6, 6.07) is 0. The first-order chi connectivity index (χ1) is 14.5. The van der Waals surface area contributed by atoms with E-state index in [2.05, 4.69) is 15.3 Å². The predicted molar refractivity (Wildman–Crippen MR) is 101 cm³/mol. The van der Waals surface area contributed by atoms with Crippen molar-refractivity contribution in [1.29, 1.82) is 0 Å². The van der Waals surface area contributed by atoms with Crippen LogP contribution in [-0.4, -0.2) is 57.7 Å². The fourth-order valence-corrected chi connectivity index (χ4v) is 2.22. The Hall–Kier alpha value is -2.64. The highest BCUT2D eigenvalue weighted by Crippen LogP contribution is 2.39. The minimum absolute atomic E-state index is 0.0472. The average Bonchev–Trinajstić information content (AvgIpc) is 2.72. The number of azide groups is 1. The standard InChI is InChI=1S/C16H23F3N6O5/c17-11-12(18)16(25(26)27)15(13(19)14(11)23-24-21)22-4-2-6-29-8-10-30-9-7-28-5-1-3-20/h22H,1-10,20H2. The second-order valence-electron chi connectivity index (χ2n) is 5.72. The molecular formula is C16H23F3N6O5. The van der Waals surface area contributed by atoms with E-state index < -0.39 is 39.4 Å². The molecule has 0 saturated carbocycles. The molecule has 0 unspecified atom stereocenters. The average molecular weight is 436 g/mol. The molecule has 1 aromatic rings. The van der Waals surface area contributed by atoms with E-state index in [1.165, 1.54) is 0 Å². The molecule has 0 aliphatic carbocycles. The van der Waals surface area contributed by atoms with Gasteiger partial charge in [0.05, 0.1) is 31.4 Å². The highest BCUT2D eigenvalue weighted by Gasteiger charge is 2.32. The number of nitro groups is 1. The van der Waals surface area contributed by atoms with Crippen LogP contribution in [0.3, 0.4) is 0 Å². The number of halogens is 3. The number of rotatable bonds is 16. The van der Waals surface area contributed by atoms with Crippen LogP contribution in [0.15, 0.2) is 5.11 Å². The maximum Gasteiger partial charge on any atom is 0.333 e. The summed E-state index contributed by atoms with van der Waals surface area (Å²) in [6.07, 6.45) is 1.05. The van der Waals surface area contributed by atoms with Gasteiger partial charge in [0.25, 0.3) is 0 Å². The summed E-state index contributed by atoms with van der Waals surface area (Å²) < 4.78 is 57.6. The van der Waals surface area contributed by atoms with Crippen molar-refractivity contribution in [3.63, 3.8) is 0 Å². The second kappa shape index (κ2) is 14.4. The normalized spacial score (nSPS) is 10.7. The predicted octanol–water partition coefficient (Wildman–Crippen LogP) is 3.15. The highest BCUT2D eigenvalue weighted by atomic mass is 19.2. The van der Waals surface area contributed by atoms with Crippen molar-refractivity contribution >= 4 is 17.1 Å². The Morgan fingerprint density at radius 2 is 1.57 bits per heavy atom. The van der Waals surface area contributed by atoms with Crippen molar-refractivity contribution < 1.29 is 32.3 Å². The zero-order chi connectivity index (χ0) is 22.4. The molecule has 0 aliphatic heterocycles. The van der Waals surface area contributed by atoms with Gasteiger partial charge in [0.1, 0.15) is 5.69 Å². The lowest BCUT2D eigenvalue weighted by atomic mass is 10.2. The Bertz CT molecular complexity index is 749. The summed E-state index contributed by atoms with van der Waals surface area (Å²) in [6.45, 7) is 2.75. The van der Waals surface area contributed by atoms with Gasteiger partial charge in [-0.3, -0.25) is 10.1 Å². The molecule has 0 amide bonds. The Labute approximate surface area is 170 Å². The summed E-state index contributed by atoms with van der Waals surface area (Å²) >= 11 is 0. The summed E-state index contributed by atoms with van der Waals surface area (Å²) in [5, 5.41) is 16.0. The molecule has 1 aromatic carbocycles. The third kappa shape index (κ3) is 8.00. The number of hydrogen-bond acceptors (Lipinski definition) is 8. The van der Waals surface area contributed by atoms with Crippen LogP contribution in [0.2, 0.25) is 0 Å². The van der Waals surface area contributed by atoms with E-state index in [1.54, 1.807) is 0 Å². The minimum atomic E-state index is -1.93. The number of benzene rings is 1. The number of hydrogen-bond donors (Lipinski definition) is 2. The fraction of sp³-hybridized carbons (Fsp3) is 0.625. The summed E-state index contributed by atoms with van der Waals surface area (Å²) in [4.78, 5) is 11.9. The van der Waals surface area contributed by atoms with Gasteiger partial charge in [-0.1, -0.05) is 5.11 Å². The van der Waals surface area contributed by atoms with Crippen LogP contribution in [0.25, 0.3) is 10.4 Å². The van der Waals surface area contributed by atoms with Gasteiger partial charge in [-0.15, -0.1) is 0 Å². The molecule has 30 heavy (non-hydrogen) atoms. The van der Waals surface area contributed by atoms with Crippen LogP contribution < -0.4 is 11.1 Å². The third-order valence-corrected chi connectivity index (χ3v) is 3.60. The molecule has 3 N–H and O–H groups in total. The van der Waals surface area contributed by atoms with Crippen LogP contribution >= 0.6 is 0 Å². The van der Waals surface area contributed by atoms with Gasteiger partial charge in [-0.05, 0) is 24.9 Å². The molecule has 0 aromatic heterocycles. The molecule has 0 radical (unpaired) electrons. The number of nitro benzene ring substituents is 1. The first-order valence-corrected chi connectivity index (χ1v) is 9.02. The molecule has 168 valence electrons. The Kier molecular flexibility index (Phi) is 12.2. The number of nitrogens with one attached hydrogen (secondary N) is 1. The highest BCUT2D eigenvalue weighted by molar-refractivity contribution is 5.69. The van der Waals surface area contributed by atoms with Crippen molar-refractivity contribution in [3.05, 3.63) is 38.0 Å². The van der Waals surface area contributed by atoms with Crippen LogP contribution in [0.4, 0.5) is 30.2 Å². The Balaban J connectivity index is 2.41. The summed E-state index contributed by atoms with van der Waals surface area (Å²) in [5.41, 5.74) is 10.1. The monoisotopic (exact) mass is 436 g/mol. The van der Waals surface area contributed by atoms with E-state index in [0.717, 1.165) is 6.42 Å². The zero-order valence-corrected chi connectivity index (χ0v) is 16.1. The quantitative estimate of drug-likeness (QED) is 0.0766. The first kappa shape index (κ1) is 25.4. The van der Waals surface area contributed by atoms with Gasteiger partial charge < -0.3 is 25.3 Å². The van der Waals surface area contributed by atoms with E-state index in [0.29, 0.717) is 33.0 Å². The number of ether oxygens (including phenoxy) is 3. The van der Waals surface area contributed by atoms with Gasteiger partial charge in [0, 0.05) is 24.7 Å². The largest absolute Gasteiger partial charge is 0.379 e. The molecule has 0 aliphatic rings. The van der Waals surface area contributed by atoms with E-state index in [1.807, 2.05) is 0 Å². The summed E-state index contributed by atoms with van der Waals surface area (Å²) in [5.74, 6) is -5.41. The van der Waals surface area contributed by atoms with Crippen molar-refractivity contribution in [2.24, 2.45) is 10.8 Å². The fourth-order valence-electron chi connectivity index (χ4n) is 2.22. The van der Waals surface area contributed by atoms with Gasteiger partial charge in [-0.25, -0.2) is 8.78 Å². The lowest BCUT2D eigenvalue weighted by molar-refractivity contribution is -0.387. The smallest absolute Gasteiger partial charge is 0.333 e. The van der Waals surface area contributed by atoms with Gasteiger partial charge >= 0.3 is 5.69 Å². The van der Waals surface area contributed by atoms with Crippen LogP contribution in [0.5, 0.6) is 0 Å². The van der Waals surface area contributed by atoms with E-state index in [4.69, 9.17) is 25.5 Å².